The Balaban J connectivity index is 2.41. The van der Waals surface area contributed by atoms with E-state index in [1.54, 1.807) is 24.4 Å². The highest BCUT2D eigenvalue weighted by atomic mass is 16.6. The van der Waals surface area contributed by atoms with Gasteiger partial charge < -0.3 is 0 Å². The van der Waals surface area contributed by atoms with Crippen molar-refractivity contribution in [2.75, 3.05) is 0 Å². The normalized spacial score (nSPS) is 10.8. The molecule has 4 nitrogen and oxygen atoms in total. The molecule has 0 unspecified atom stereocenters. The predicted molar refractivity (Wildman–Crippen MR) is 76.3 cm³/mol. The van der Waals surface area contributed by atoms with Gasteiger partial charge in [-0.3, -0.25) is 15.1 Å². The third-order valence-corrected chi connectivity index (χ3v) is 2.91. The molecule has 2 aromatic rings. The van der Waals surface area contributed by atoms with E-state index in [1.165, 1.54) is 6.07 Å². The van der Waals surface area contributed by atoms with Gasteiger partial charge in [0.05, 0.1) is 16.2 Å². The highest BCUT2D eigenvalue weighted by Gasteiger charge is 2.10. The number of aryl methyl sites for hydroxylation is 2. The third kappa shape index (κ3) is 2.85. The Morgan fingerprint density at radius 2 is 1.68 bits per heavy atom. The lowest BCUT2D eigenvalue weighted by Crippen LogP contribution is -1.93. The predicted octanol–water partition coefficient (Wildman–Crippen LogP) is 3.96. The molecule has 0 saturated carbocycles. The van der Waals surface area contributed by atoms with E-state index < -0.39 is 4.92 Å². The van der Waals surface area contributed by atoms with Gasteiger partial charge in [-0.05, 0) is 31.0 Å². The van der Waals surface area contributed by atoms with Crippen LogP contribution < -0.4 is 0 Å². The largest absolute Gasteiger partial charge is 0.278 e. The Labute approximate surface area is 111 Å². The molecule has 0 amide bonds. The zero-order valence-electron chi connectivity index (χ0n) is 10.8. The van der Waals surface area contributed by atoms with Gasteiger partial charge in [0, 0.05) is 12.3 Å². The topological polar surface area (TPSA) is 55.5 Å². The van der Waals surface area contributed by atoms with Crippen molar-refractivity contribution in [3.05, 3.63) is 69.3 Å². The van der Waals surface area contributed by atoms with Crippen molar-refractivity contribution in [3.63, 3.8) is 0 Å². The molecule has 0 aliphatic rings. The summed E-state index contributed by atoms with van der Waals surface area (Å²) in [7, 11) is 0. The van der Waals surface area contributed by atoms with Crippen LogP contribution in [0.1, 0.15) is 16.7 Å². The second kappa shape index (κ2) is 5.44. The average Bonchev–Trinajstić information content (AvgIpc) is 2.38. The average molecular weight is 254 g/mol. The molecule has 0 spiro atoms. The van der Waals surface area contributed by atoms with Crippen molar-refractivity contribution in [2.45, 2.75) is 13.8 Å². The number of nitro groups is 1. The summed E-state index contributed by atoms with van der Waals surface area (Å²) in [6.07, 6.45) is 1.55. The molecular formula is C15H14N2O2. The maximum Gasteiger partial charge on any atom is 0.278 e. The van der Waals surface area contributed by atoms with Crippen molar-refractivity contribution < 1.29 is 4.92 Å². The summed E-state index contributed by atoms with van der Waals surface area (Å²) in [4.78, 5) is 14.9. The summed E-state index contributed by atoms with van der Waals surface area (Å²) in [5.74, 6) is 0. The zero-order chi connectivity index (χ0) is 13.8. The standard InChI is InChI=1S/C15H14N2O2/c1-11-6-5-7-12(2)15(11)16-10-13-8-3-4-9-14(13)17(18)19/h3-10H,1-2H3. The molecule has 19 heavy (non-hydrogen) atoms. The SMILES string of the molecule is Cc1cccc(C)c1N=Cc1ccccc1[N+](=O)[O-]. The first-order valence-corrected chi connectivity index (χ1v) is 5.93. The van der Waals surface area contributed by atoms with Crippen molar-refractivity contribution in [1.82, 2.24) is 0 Å². The molecule has 0 aliphatic heterocycles. The van der Waals surface area contributed by atoms with Crippen LogP contribution in [0.15, 0.2) is 47.5 Å². The molecule has 0 N–H and O–H groups in total. The molecule has 2 rings (SSSR count). The zero-order valence-corrected chi connectivity index (χ0v) is 10.8. The van der Waals surface area contributed by atoms with Gasteiger partial charge in [-0.25, -0.2) is 0 Å². The van der Waals surface area contributed by atoms with Gasteiger partial charge in [0.25, 0.3) is 5.69 Å². The van der Waals surface area contributed by atoms with E-state index in [0.29, 0.717) is 5.56 Å². The van der Waals surface area contributed by atoms with Crippen LogP contribution in [0.4, 0.5) is 11.4 Å². The number of para-hydroxylation sites is 2. The first-order chi connectivity index (χ1) is 9.09. The molecule has 4 heteroatoms. The number of rotatable bonds is 3. The molecule has 0 aromatic heterocycles. The number of hydrogen-bond donors (Lipinski definition) is 0. The van der Waals surface area contributed by atoms with Crippen LogP contribution in [-0.4, -0.2) is 11.1 Å². The molecule has 0 atom stereocenters. The Hall–Kier alpha value is -2.49. The van der Waals surface area contributed by atoms with Crippen LogP contribution >= 0.6 is 0 Å². The summed E-state index contributed by atoms with van der Waals surface area (Å²) < 4.78 is 0. The van der Waals surface area contributed by atoms with Gasteiger partial charge in [-0.15, -0.1) is 0 Å². The molecular weight excluding hydrogens is 240 g/mol. The maximum absolute atomic E-state index is 10.9. The Morgan fingerprint density at radius 3 is 2.32 bits per heavy atom. The first kappa shape index (κ1) is 13.0. The summed E-state index contributed by atoms with van der Waals surface area (Å²) in [6.45, 7) is 3.94. The number of nitrogens with zero attached hydrogens (tertiary/aromatic N) is 2. The van der Waals surface area contributed by atoms with Gasteiger partial charge in [-0.2, -0.15) is 0 Å². The van der Waals surface area contributed by atoms with Crippen molar-refractivity contribution in [2.24, 2.45) is 4.99 Å². The van der Waals surface area contributed by atoms with Gasteiger partial charge in [0.2, 0.25) is 0 Å². The number of hydrogen-bond acceptors (Lipinski definition) is 3. The van der Waals surface area contributed by atoms with E-state index in [0.717, 1.165) is 16.8 Å². The molecule has 0 bridgehead atoms. The second-order valence-corrected chi connectivity index (χ2v) is 4.31. The molecule has 0 fully saturated rings. The van der Waals surface area contributed by atoms with E-state index in [4.69, 9.17) is 0 Å². The fraction of sp³-hybridized carbons (Fsp3) is 0.133. The summed E-state index contributed by atoms with van der Waals surface area (Å²) >= 11 is 0. The molecule has 96 valence electrons. The lowest BCUT2D eigenvalue weighted by Gasteiger charge is -2.03. The van der Waals surface area contributed by atoms with E-state index in [1.807, 2.05) is 32.0 Å². The quantitative estimate of drug-likeness (QED) is 0.473. The smallest absolute Gasteiger partial charge is 0.258 e. The van der Waals surface area contributed by atoms with Gasteiger partial charge >= 0.3 is 0 Å². The highest BCUT2D eigenvalue weighted by Crippen LogP contribution is 2.24. The molecule has 0 radical (unpaired) electrons. The van der Waals surface area contributed by atoms with Crippen LogP contribution in [0.2, 0.25) is 0 Å². The van der Waals surface area contributed by atoms with E-state index in [2.05, 4.69) is 4.99 Å². The van der Waals surface area contributed by atoms with Crippen LogP contribution in [0.25, 0.3) is 0 Å². The summed E-state index contributed by atoms with van der Waals surface area (Å²) in [5, 5.41) is 10.9. The lowest BCUT2D eigenvalue weighted by atomic mass is 10.1. The number of benzene rings is 2. The molecule has 0 saturated heterocycles. The number of aliphatic imine (C=N–C) groups is 1. The van der Waals surface area contributed by atoms with E-state index >= 15 is 0 Å². The van der Waals surface area contributed by atoms with Crippen LogP contribution in [0, 0.1) is 24.0 Å². The van der Waals surface area contributed by atoms with Crippen molar-refractivity contribution >= 4 is 17.6 Å². The summed E-state index contributed by atoms with van der Waals surface area (Å²) in [5.41, 5.74) is 3.54. The molecule has 0 aliphatic carbocycles. The Bertz CT molecular complexity index is 628. The van der Waals surface area contributed by atoms with E-state index in [9.17, 15) is 10.1 Å². The van der Waals surface area contributed by atoms with Crippen molar-refractivity contribution in [1.29, 1.82) is 0 Å². The Morgan fingerprint density at radius 1 is 1.05 bits per heavy atom. The first-order valence-electron chi connectivity index (χ1n) is 5.93. The summed E-state index contributed by atoms with van der Waals surface area (Å²) in [6, 6.07) is 12.5. The minimum atomic E-state index is -0.397. The number of nitro benzene ring substituents is 1. The minimum absolute atomic E-state index is 0.0671. The van der Waals surface area contributed by atoms with E-state index in [-0.39, 0.29) is 5.69 Å². The van der Waals surface area contributed by atoms with Crippen LogP contribution in [0.5, 0.6) is 0 Å². The fourth-order valence-electron chi connectivity index (χ4n) is 1.91. The second-order valence-electron chi connectivity index (χ2n) is 4.31. The fourth-order valence-corrected chi connectivity index (χ4v) is 1.91. The van der Waals surface area contributed by atoms with Crippen LogP contribution in [0.3, 0.4) is 0 Å². The highest BCUT2D eigenvalue weighted by molar-refractivity contribution is 5.87. The van der Waals surface area contributed by atoms with Crippen molar-refractivity contribution in [3.8, 4) is 0 Å². The maximum atomic E-state index is 10.9. The third-order valence-electron chi connectivity index (χ3n) is 2.91. The van der Waals surface area contributed by atoms with Gasteiger partial charge in [0.15, 0.2) is 0 Å². The monoisotopic (exact) mass is 254 g/mol. The Kier molecular flexibility index (Phi) is 3.71. The lowest BCUT2D eigenvalue weighted by molar-refractivity contribution is -0.385. The van der Waals surface area contributed by atoms with Gasteiger partial charge in [-0.1, -0.05) is 30.3 Å². The van der Waals surface area contributed by atoms with Crippen LogP contribution in [-0.2, 0) is 0 Å². The molecule has 0 heterocycles. The van der Waals surface area contributed by atoms with Gasteiger partial charge in [0.1, 0.15) is 0 Å². The minimum Gasteiger partial charge on any atom is -0.258 e. The molecule has 2 aromatic carbocycles.